The molecule has 1 aliphatic heterocycles. The van der Waals surface area contributed by atoms with Gasteiger partial charge in [0, 0.05) is 18.7 Å². The molecule has 1 unspecified atom stereocenters. The second-order valence-corrected chi connectivity index (χ2v) is 5.11. The Labute approximate surface area is 114 Å². The van der Waals surface area contributed by atoms with Crippen LogP contribution in [0.5, 0.6) is 5.88 Å². The molecule has 0 radical (unpaired) electrons. The first-order valence-electron chi connectivity index (χ1n) is 6.33. The molecular weight excluding hydrogens is 264 g/mol. The predicted octanol–water partition coefficient (Wildman–Crippen LogP) is 0.550. The van der Waals surface area contributed by atoms with Crippen LogP contribution >= 0.6 is 0 Å². The van der Waals surface area contributed by atoms with Gasteiger partial charge in [0.1, 0.15) is 5.54 Å². The number of hydrogen-bond acceptors (Lipinski definition) is 4. The Morgan fingerprint density at radius 3 is 2.65 bits per heavy atom. The van der Waals surface area contributed by atoms with Crippen molar-refractivity contribution in [1.29, 1.82) is 0 Å². The minimum Gasteiger partial charge on any atom is -0.494 e. The summed E-state index contributed by atoms with van der Waals surface area (Å²) in [6.45, 7) is 1.81. The molecule has 1 aromatic heterocycles. The number of carboxylic acids is 1. The number of likely N-dealkylation sites (tertiary alicyclic amines) is 1. The van der Waals surface area contributed by atoms with Crippen LogP contribution in [-0.2, 0) is 4.79 Å². The quantitative estimate of drug-likeness (QED) is 0.732. The van der Waals surface area contributed by atoms with E-state index in [0.29, 0.717) is 19.4 Å². The van der Waals surface area contributed by atoms with Crippen molar-refractivity contribution in [2.45, 2.75) is 31.7 Å². The van der Waals surface area contributed by atoms with Crippen molar-refractivity contribution in [3.05, 3.63) is 28.0 Å². The number of amides is 1. The minimum atomic E-state index is -1.28. The van der Waals surface area contributed by atoms with E-state index in [9.17, 15) is 24.6 Å². The smallest absolute Gasteiger partial charge is 0.329 e. The number of rotatable bonds is 2. The Balaban J connectivity index is 2.40. The van der Waals surface area contributed by atoms with Crippen molar-refractivity contribution in [3.63, 3.8) is 0 Å². The summed E-state index contributed by atoms with van der Waals surface area (Å²) in [5.74, 6) is -2.05. The maximum absolute atomic E-state index is 12.4. The Morgan fingerprint density at radius 2 is 2.05 bits per heavy atom. The zero-order chi connectivity index (χ0) is 14.9. The van der Waals surface area contributed by atoms with Gasteiger partial charge in [0.2, 0.25) is 0 Å². The van der Waals surface area contributed by atoms with Crippen LogP contribution in [0, 0.1) is 0 Å². The summed E-state index contributed by atoms with van der Waals surface area (Å²) >= 11 is 0. The number of pyridine rings is 1. The summed E-state index contributed by atoms with van der Waals surface area (Å²) in [6, 6.07) is 2.18. The zero-order valence-corrected chi connectivity index (χ0v) is 11.0. The molecule has 0 bridgehead atoms. The molecule has 1 aromatic rings. The molecule has 7 nitrogen and oxygen atoms in total. The van der Waals surface area contributed by atoms with Gasteiger partial charge in [0.25, 0.3) is 11.5 Å². The molecule has 108 valence electrons. The van der Waals surface area contributed by atoms with Crippen LogP contribution in [0.3, 0.4) is 0 Å². The summed E-state index contributed by atoms with van der Waals surface area (Å²) in [7, 11) is 0. The first-order valence-corrected chi connectivity index (χ1v) is 6.33. The number of nitrogens with one attached hydrogen (secondary N) is 1. The maximum atomic E-state index is 12.4. The van der Waals surface area contributed by atoms with Crippen molar-refractivity contribution in [2.75, 3.05) is 6.54 Å². The van der Waals surface area contributed by atoms with E-state index in [2.05, 4.69) is 4.98 Å². The first-order chi connectivity index (χ1) is 9.34. The van der Waals surface area contributed by atoms with Gasteiger partial charge in [0.15, 0.2) is 5.88 Å². The summed E-state index contributed by atoms with van der Waals surface area (Å²) in [5, 5.41) is 18.7. The molecule has 1 aliphatic rings. The summed E-state index contributed by atoms with van der Waals surface area (Å²) < 4.78 is 0. The van der Waals surface area contributed by atoms with Gasteiger partial charge < -0.3 is 15.1 Å². The average molecular weight is 280 g/mol. The number of H-pyrrole nitrogens is 1. The topological polar surface area (TPSA) is 111 Å². The van der Waals surface area contributed by atoms with Crippen molar-refractivity contribution in [1.82, 2.24) is 9.88 Å². The molecule has 2 heterocycles. The van der Waals surface area contributed by atoms with Gasteiger partial charge in [-0.3, -0.25) is 14.6 Å². The van der Waals surface area contributed by atoms with Crippen LogP contribution < -0.4 is 5.56 Å². The Morgan fingerprint density at radius 1 is 1.35 bits per heavy atom. The highest BCUT2D eigenvalue weighted by Gasteiger charge is 2.44. The van der Waals surface area contributed by atoms with E-state index in [4.69, 9.17) is 0 Å². The lowest BCUT2D eigenvalue weighted by Crippen LogP contribution is -2.57. The number of hydrogen-bond donors (Lipinski definition) is 3. The van der Waals surface area contributed by atoms with Crippen molar-refractivity contribution >= 4 is 11.9 Å². The van der Waals surface area contributed by atoms with Crippen LogP contribution in [0.15, 0.2) is 16.9 Å². The number of nitrogens with zero attached hydrogens (tertiary/aromatic N) is 1. The van der Waals surface area contributed by atoms with Crippen LogP contribution in [0.4, 0.5) is 0 Å². The predicted molar refractivity (Wildman–Crippen MR) is 69.7 cm³/mol. The zero-order valence-electron chi connectivity index (χ0n) is 11.0. The fourth-order valence-electron chi connectivity index (χ4n) is 2.48. The van der Waals surface area contributed by atoms with E-state index in [1.807, 2.05) is 0 Å². The SMILES string of the molecule is CC1(C(=O)O)CCCCN1C(=O)c1cc(O)[nH]c(=O)c1. The number of aliphatic carboxylic acids is 1. The van der Waals surface area contributed by atoms with Gasteiger partial charge in [-0.25, -0.2) is 4.79 Å². The normalized spacial score (nSPS) is 22.6. The Kier molecular flexibility index (Phi) is 3.52. The monoisotopic (exact) mass is 280 g/mol. The largest absolute Gasteiger partial charge is 0.494 e. The van der Waals surface area contributed by atoms with E-state index in [1.54, 1.807) is 0 Å². The molecule has 1 fully saturated rings. The number of carboxylic acid groups (broad SMARTS) is 1. The molecule has 1 atom stereocenters. The maximum Gasteiger partial charge on any atom is 0.329 e. The molecule has 2 rings (SSSR count). The van der Waals surface area contributed by atoms with Gasteiger partial charge in [-0.1, -0.05) is 0 Å². The van der Waals surface area contributed by atoms with E-state index in [-0.39, 0.29) is 5.56 Å². The second-order valence-electron chi connectivity index (χ2n) is 5.11. The second kappa shape index (κ2) is 4.99. The lowest BCUT2D eigenvalue weighted by atomic mass is 9.88. The molecule has 7 heteroatoms. The molecule has 20 heavy (non-hydrogen) atoms. The first kappa shape index (κ1) is 14.1. The van der Waals surface area contributed by atoms with Crippen LogP contribution in [0.25, 0.3) is 0 Å². The standard InChI is InChI=1S/C13H16N2O5/c1-13(12(19)20)4-2-3-5-15(13)11(18)8-6-9(16)14-10(17)7-8/h6-7H,2-5H2,1H3,(H,19,20)(H2,14,16,17). The highest BCUT2D eigenvalue weighted by Crippen LogP contribution is 2.29. The third-order valence-corrected chi connectivity index (χ3v) is 3.67. The lowest BCUT2D eigenvalue weighted by molar-refractivity contribution is -0.150. The van der Waals surface area contributed by atoms with E-state index >= 15 is 0 Å². The molecule has 0 aliphatic carbocycles. The summed E-state index contributed by atoms with van der Waals surface area (Å²) in [5.41, 5.74) is -1.91. The van der Waals surface area contributed by atoms with Gasteiger partial charge in [-0.2, -0.15) is 0 Å². The van der Waals surface area contributed by atoms with Crippen molar-refractivity contribution in [2.24, 2.45) is 0 Å². The van der Waals surface area contributed by atoms with Crippen molar-refractivity contribution < 1.29 is 19.8 Å². The number of piperidine rings is 1. The Bertz CT molecular complexity index is 609. The summed E-state index contributed by atoms with van der Waals surface area (Å²) in [6.07, 6.45) is 1.81. The number of aromatic amines is 1. The number of carbonyl (C=O) groups excluding carboxylic acids is 1. The van der Waals surface area contributed by atoms with Crippen LogP contribution in [-0.4, -0.2) is 44.1 Å². The van der Waals surface area contributed by atoms with E-state index in [1.165, 1.54) is 11.8 Å². The molecular formula is C13H16N2O5. The molecule has 0 saturated carbocycles. The highest BCUT2D eigenvalue weighted by molar-refractivity contribution is 5.98. The van der Waals surface area contributed by atoms with Crippen LogP contribution in [0.1, 0.15) is 36.5 Å². The molecule has 3 N–H and O–H groups in total. The van der Waals surface area contributed by atoms with Crippen molar-refractivity contribution in [3.8, 4) is 5.88 Å². The van der Waals surface area contributed by atoms with Gasteiger partial charge in [-0.15, -0.1) is 0 Å². The number of aromatic hydroxyl groups is 1. The molecule has 0 spiro atoms. The highest BCUT2D eigenvalue weighted by atomic mass is 16.4. The van der Waals surface area contributed by atoms with Gasteiger partial charge in [0.05, 0.1) is 5.56 Å². The third-order valence-electron chi connectivity index (χ3n) is 3.67. The van der Waals surface area contributed by atoms with Gasteiger partial charge >= 0.3 is 5.97 Å². The number of aromatic nitrogens is 1. The minimum absolute atomic E-state index is 0.0133. The molecule has 1 saturated heterocycles. The fourth-order valence-corrected chi connectivity index (χ4v) is 2.48. The third kappa shape index (κ3) is 2.38. The summed E-state index contributed by atoms with van der Waals surface area (Å²) in [4.78, 5) is 38.5. The van der Waals surface area contributed by atoms with E-state index in [0.717, 1.165) is 18.6 Å². The van der Waals surface area contributed by atoms with Gasteiger partial charge in [-0.05, 0) is 26.2 Å². The van der Waals surface area contributed by atoms with Crippen LogP contribution in [0.2, 0.25) is 0 Å². The lowest BCUT2D eigenvalue weighted by Gasteiger charge is -2.41. The molecule has 1 amide bonds. The molecule has 0 aromatic carbocycles. The Hall–Kier alpha value is -2.31. The average Bonchev–Trinajstić information content (AvgIpc) is 2.37. The number of carbonyl (C=O) groups is 2. The van der Waals surface area contributed by atoms with E-state index < -0.39 is 28.9 Å². The fraction of sp³-hybridized carbons (Fsp3) is 0.462.